The molecule has 1 N–H and O–H groups in total. The van der Waals surface area contributed by atoms with Crippen LogP contribution in [0.1, 0.15) is 36.2 Å². The normalized spacial score (nSPS) is 14.5. The van der Waals surface area contributed by atoms with Gasteiger partial charge >= 0.3 is 5.69 Å². The summed E-state index contributed by atoms with van der Waals surface area (Å²) in [5, 5.41) is 6.90. The Morgan fingerprint density at radius 3 is 2.53 bits per heavy atom. The highest BCUT2D eigenvalue weighted by atomic mass is 16.5. The van der Waals surface area contributed by atoms with Crippen molar-refractivity contribution in [2.75, 3.05) is 20.2 Å². The van der Waals surface area contributed by atoms with Crippen LogP contribution < -0.4 is 10.4 Å². The van der Waals surface area contributed by atoms with Gasteiger partial charge in [-0.1, -0.05) is 30.3 Å². The van der Waals surface area contributed by atoms with Crippen molar-refractivity contribution in [1.82, 2.24) is 19.7 Å². The van der Waals surface area contributed by atoms with Gasteiger partial charge in [-0.05, 0) is 61.4 Å². The number of H-pyrrole nitrogens is 1. The van der Waals surface area contributed by atoms with E-state index >= 15 is 0 Å². The third-order valence-corrected chi connectivity index (χ3v) is 6.32. The third-order valence-electron chi connectivity index (χ3n) is 6.32. The van der Waals surface area contributed by atoms with Crippen LogP contribution in [0.15, 0.2) is 53.3 Å². The van der Waals surface area contributed by atoms with Gasteiger partial charge in [0.25, 0.3) is 0 Å². The van der Waals surface area contributed by atoms with Gasteiger partial charge in [-0.3, -0.25) is 4.79 Å². The second kappa shape index (κ2) is 9.85. The highest BCUT2D eigenvalue weighted by molar-refractivity contribution is 5.76. The molecule has 1 aliphatic heterocycles. The minimum Gasteiger partial charge on any atom is -0.497 e. The van der Waals surface area contributed by atoms with Crippen molar-refractivity contribution in [2.45, 2.75) is 39.0 Å². The fourth-order valence-corrected chi connectivity index (χ4v) is 4.38. The van der Waals surface area contributed by atoms with Crippen molar-refractivity contribution >= 4 is 5.91 Å². The van der Waals surface area contributed by atoms with Crippen LogP contribution in [0.3, 0.4) is 0 Å². The second-order valence-corrected chi connectivity index (χ2v) is 8.44. The standard InChI is InChI=1S/C25H30N4O3/c1-18-5-3-4-6-22(18)29-23(26-27-25(29)31)17-20-13-15-28(16-14-20)24(30)12-9-19-7-10-21(32-2)11-8-19/h3-8,10-11,20H,9,12-17H2,1-2H3,(H,27,31). The fraction of sp³-hybridized carbons (Fsp3) is 0.400. The van der Waals surface area contributed by atoms with Crippen LogP contribution in [-0.2, 0) is 17.6 Å². The van der Waals surface area contributed by atoms with Gasteiger partial charge < -0.3 is 9.64 Å². The highest BCUT2D eigenvalue weighted by Gasteiger charge is 2.25. The Morgan fingerprint density at radius 1 is 1.12 bits per heavy atom. The van der Waals surface area contributed by atoms with E-state index in [-0.39, 0.29) is 11.6 Å². The summed E-state index contributed by atoms with van der Waals surface area (Å²) in [5.74, 6) is 2.19. The summed E-state index contributed by atoms with van der Waals surface area (Å²) < 4.78 is 6.86. The Morgan fingerprint density at radius 2 is 1.84 bits per heavy atom. The first kappa shape index (κ1) is 21.9. The number of nitrogens with one attached hydrogen (secondary N) is 1. The van der Waals surface area contributed by atoms with Crippen molar-refractivity contribution in [3.05, 3.63) is 76.0 Å². The number of hydrogen-bond donors (Lipinski definition) is 1. The van der Waals surface area contributed by atoms with Crippen molar-refractivity contribution in [3.8, 4) is 11.4 Å². The maximum absolute atomic E-state index is 12.7. The number of methoxy groups -OCH3 is 1. The first-order valence-electron chi connectivity index (χ1n) is 11.2. The van der Waals surface area contributed by atoms with Crippen molar-refractivity contribution in [1.29, 1.82) is 0 Å². The molecule has 4 rings (SSSR count). The molecule has 32 heavy (non-hydrogen) atoms. The molecule has 1 saturated heterocycles. The van der Waals surface area contributed by atoms with Gasteiger partial charge in [0.15, 0.2) is 0 Å². The molecular formula is C25H30N4O3. The molecule has 0 bridgehead atoms. The highest BCUT2D eigenvalue weighted by Crippen LogP contribution is 2.23. The van der Waals surface area contributed by atoms with Gasteiger partial charge in [-0.25, -0.2) is 14.5 Å². The summed E-state index contributed by atoms with van der Waals surface area (Å²) >= 11 is 0. The SMILES string of the molecule is COc1ccc(CCC(=O)N2CCC(Cc3n[nH]c(=O)n3-c3ccccc3C)CC2)cc1. The summed E-state index contributed by atoms with van der Waals surface area (Å²) in [4.78, 5) is 27.0. The van der Waals surface area contributed by atoms with E-state index in [0.29, 0.717) is 12.3 Å². The van der Waals surface area contributed by atoms with Gasteiger partial charge in [0, 0.05) is 25.9 Å². The number of aromatic nitrogens is 3. The number of piperidine rings is 1. The van der Waals surface area contributed by atoms with Gasteiger partial charge in [0.05, 0.1) is 12.8 Å². The summed E-state index contributed by atoms with van der Waals surface area (Å²) in [6.07, 6.45) is 3.81. The average Bonchev–Trinajstić information content (AvgIpc) is 3.18. The van der Waals surface area contributed by atoms with Crippen LogP contribution in [0.2, 0.25) is 0 Å². The monoisotopic (exact) mass is 434 g/mol. The average molecular weight is 435 g/mol. The third kappa shape index (κ3) is 4.93. The summed E-state index contributed by atoms with van der Waals surface area (Å²) in [5.41, 5.74) is 2.84. The van der Waals surface area contributed by atoms with Crippen LogP contribution in [0, 0.1) is 12.8 Å². The number of amides is 1. The fourth-order valence-electron chi connectivity index (χ4n) is 4.38. The topological polar surface area (TPSA) is 80.2 Å². The first-order valence-corrected chi connectivity index (χ1v) is 11.2. The van der Waals surface area contributed by atoms with E-state index in [0.717, 1.165) is 67.2 Å². The largest absolute Gasteiger partial charge is 0.497 e. The molecule has 1 amide bonds. The minimum absolute atomic E-state index is 0.204. The van der Waals surface area contributed by atoms with Gasteiger partial charge in [0.2, 0.25) is 5.91 Å². The van der Waals surface area contributed by atoms with Crippen LogP contribution in [0.5, 0.6) is 5.75 Å². The molecule has 7 nitrogen and oxygen atoms in total. The molecule has 0 saturated carbocycles. The summed E-state index contributed by atoms with van der Waals surface area (Å²) in [7, 11) is 1.65. The molecule has 2 heterocycles. The molecule has 2 aromatic carbocycles. The Hall–Kier alpha value is -3.35. The number of ether oxygens (including phenoxy) is 1. The molecule has 1 fully saturated rings. The maximum atomic E-state index is 12.7. The van der Waals surface area contributed by atoms with E-state index in [1.807, 2.05) is 60.4 Å². The number of aryl methyl sites for hydroxylation is 2. The van der Waals surface area contributed by atoms with Crippen molar-refractivity contribution in [3.63, 3.8) is 0 Å². The zero-order valence-electron chi connectivity index (χ0n) is 18.7. The Kier molecular flexibility index (Phi) is 6.73. The summed E-state index contributed by atoms with van der Waals surface area (Å²) in [6, 6.07) is 15.7. The predicted molar refractivity (Wildman–Crippen MR) is 123 cm³/mol. The van der Waals surface area contributed by atoms with E-state index in [1.165, 1.54) is 0 Å². The zero-order valence-corrected chi connectivity index (χ0v) is 18.7. The molecule has 0 aliphatic carbocycles. The van der Waals surface area contributed by atoms with E-state index < -0.39 is 0 Å². The molecule has 0 spiro atoms. The summed E-state index contributed by atoms with van der Waals surface area (Å²) in [6.45, 7) is 3.50. The predicted octanol–water partition coefficient (Wildman–Crippen LogP) is 3.29. The zero-order chi connectivity index (χ0) is 22.5. The number of benzene rings is 2. The van der Waals surface area contributed by atoms with Crippen LogP contribution in [-0.4, -0.2) is 45.8 Å². The molecule has 1 aromatic heterocycles. The second-order valence-electron chi connectivity index (χ2n) is 8.44. The first-order chi connectivity index (χ1) is 15.5. The Balaban J connectivity index is 1.31. The number of rotatable bonds is 7. The van der Waals surface area contributed by atoms with Crippen LogP contribution in [0.25, 0.3) is 5.69 Å². The minimum atomic E-state index is -0.208. The number of carbonyl (C=O) groups excluding carboxylic acids is 1. The van der Waals surface area contributed by atoms with E-state index in [1.54, 1.807) is 11.7 Å². The Bertz CT molecular complexity index is 1110. The van der Waals surface area contributed by atoms with Gasteiger partial charge in [-0.15, -0.1) is 0 Å². The molecule has 3 aromatic rings. The smallest absolute Gasteiger partial charge is 0.347 e. The molecule has 1 aliphatic rings. The number of likely N-dealkylation sites (tertiary alicyclic amines) is 1. The molecule has 7 heteroatoms. The van der Waals surface area contributed by atoms with E-state index in [9.17, 15) is 9.59 Å². The number of para-hydroxylation sites is 1. The van der Waals surface area contributed by atoms with Crippen molar-refractivity contribution < 1.29 is 9.53 Å². The number of carbonyl (C=O) groups is 1. The number of aromatic amines is 1. The van der Waals surface area contributed by atoms with Crippen molar-refractivity contribution in [2.24, 2.45) is 5.92 Å². The maximum Gasteiger partial charge on any atom is 0.347 e. The lowest BCUT2D eigenvalue weighted by atomic mass is 9.92. The molecule has 168 valence electrons. The van der Waals surface area contributed by atoms with Crippen LogP contribution in [0.4, 0.5) is 0 Å². The van der Waals surface area contributed by atoms with Gasteiger partial charge in [0.1, 0.15) is 11.6 Å². The molecule has 0 unspecified atom stereocenters. The van der Waals surface area contributed by atoms with Crippen LogP contribution >= 0.6 is 0 Å². The molecule has 0 radical (unpaired) electrons. The molecule has 0 atom stereocenters. The lowest BCUT2D eigenvalue weighted by Gasteiger charge is -2.32. The van der Waals surface area contributed by atoms with E-state index in [2.05, 4.69) is 10.2 Å². The van der Waals surface area contributed by atoms with Gasteiger partial charge in [-0.2, -0.15) is 5.10 Å². The molecular weight excluding hydrogens is 404 g/mol. The number of hydrogen-bond acceptors (Lipinski definition) is 4. The number of nitrogens with zero attached hydrogens (tertiary/aromatic N) is 3. The lowest BCUT2D eigenvalue weighted by molar-refractivity contribution is -0.132. The van der Waals surface area contributed by atoms with E-state index in [4.69, 9.17) is 4.74 Å². The lowest BCUT2D eigenvalue weighted by Crippen LogP contribution is -2.39. The quantitative estimate of drug-likeness (QED) is 0.619. The Labute approximate surface area is 188 Å².